The van der Waals surface area contributed by atoms with E-state index in [-0.39, 0.29) is 13.2 Å². The van der Waals surface area contributed by atoms with Crippen LogP contribution < -0.4 is 10.2 Å². The largest absolute Gasteiger partial charge is 0.394 e. The van der Waals surface area contributed by atoms with Crippen molar-refractivity contribution in [2.75, 3.05) is 31.2 Å². The van der Waals surface area contributed by atoms with Gasteiger partial charge in [-0.25, -0.2) is 0 Å². The van der Waals surface area contributed by atoms with Gasteiger partial charge in [-0.2, -0.15) is 0 Å². The number of nitrogens with zero attached hydrogens (tertiary/aromatic N) is 1. The number of para-hydroxylation sites is 2. The average molecular weight is 340 g/mol. The fourth-order valence-corrected chi connectivity index (χ4v) is 3.40. The Hall–Kier alpha value is -1.88. The van der Waals surface area contributed by atoms with Crippen LogP contribution in [0.1, 0.15) is 24.5 Å². The van der Waals surface area contributed by atoms with Gasteiger partial charge in [0.05, 0.1) is 18.8 Å². The van der Waals surface area contributed by atoms with Crippen molar-refractivity contribution >= 4 is 11.4 Å². The maximum atomic E-state index is 9.40. The molecule has 1 aliphatic heterocycles. The summed E-state index contributed by atoms with van der Waals surface area (Å²) in [6, 6.07) is 17.3. The summed E-state index contributed by atoms with van der Waals surface area (Å²) in [6.45, 7) is 3.34. The van der Waals surface area contributed by atoms with Crippen LogP contribution in [0.5, 0.6) is 0 Å². The second-order valence-electron chi connectivity index (χ2n) is 7.07. The maximum Gasteiger partial charge on any atom is 0.0633 e. The van der Waals surface area contributed by atoms with E-state index < -0.39 is 5.54 Å². The van der Waals surface area contributed by atoms with Crippen molar-refractivity contribution in [2.45, 2.75) is 31.7 Å². The van der Waals surface area contributed by atoms with Crippen molar-refractivity contribution in [3.63, 3.8) is 0 Å². The first-order valence-corrected chi connectivity index (χ1v) is 9.07. The van der Waals surface area contributed by atoms with Gasteiger partial charge in [0.15, 0.2) is 0 Å². The molecule has 2 aromatic carbocycles. The zero-order chi connectivity index (χ0) is 17.7. The number of fused-ring (bicyclic) bond motifs is 2. The highest BCUT2D eigenvalue weighted by atomic mass is 16.3. The number of hydrogen-bond acceptors (Lipinski definition) is 4. The van der Waals surface area contributed by atoms with Gasteiger partial charge in [0.25, 0.3) is 0 Å². The minimum Gasteiger partial charge on any atom is -0.394 e. The number of hydrogen-bond donors (Lipinski definition) is 3. The highest BCUT2D eigenvalue weighted by molar-refractivity contribution is 5.71. The molecule has 2 aromatic rings. The first-order chi connectivity index (χ1) is 12.2. The maximum absolute atomic E-state index is 9.40. The van der Waals surface area contributed by atoms with Crippen LogP contribution in [0, 0.1) is 0 Å². The smallest absolute Gasteiger partial charge is 0.0633 e. The molecule has 0 atom stereocenters. The number of anilines is 2. The molecule has 0 amide bonds. The Kier molecular flexibility index (Phi) is 5.74. The molecule has 3 N–H and O–H groups in total. The quantitative estimate of drug-likeness (QED) is 0.678. The number of aliphatic hydroxyl groups excluding tert-OH is 2. The van der Waals surface area contributed by atoms with Crippen molar-refractivity contribution in [3.8, 4) is 0 Å². The molecule has 0 saturated heterocycles. The van der Waals surface area contributed by atoms with E-state index >= 15 is 0 Å². The summed E-state index contributed by atoms with van der Waals surface area (Å²) < 4.78 is 0. The van der Waals surface area contributed by atoms with Gasteiger partial charge < -0.3 is 20.4 Å². The Balaban J connectivity index is 1.76. The first-order valence-electron chi connectivity index (χ1n) is 9.07. The van der Waals surface area contributed by atoms with Crippen molar-refractivity contribution < 1.29 is 10.2 Å². The van der Waals surface area contributed by atoms with E-state index in [2.05, 4.69) is 58.7 Å². The van der Waals surface area contributed by atoms with Crippen LogP contribution in [-0.4, -0.2) is 42.1 Å². The van der Waals surface area contributed by atoms with E-state index in [1.807, 2.05) is 6.92 Å². The molecule has 0 radical (unpaired) electrons. The molecule has 4 nitrogen and oxygen atoms in total. The van der Waals surface area contributed by atoms with Crippen molar-refractivity contribution in [3.05, 3.63) is 59.7 Å². The van der Waals surface area contributed by atoms with Crippen LogP contribution in [0.2, 0.25) is 0 Å². The highest BCUT2D eigenvalue weighted by Crippen LogP contribution is 2.35. The SMILES string of the molecule is CC(CO)(CO)NCCCN1c2ccccc2CCc2ccccc21. The second kappa shape index (κ2) is 8.00. The number of benzene rings is 2. The third-order valence-corrected chi connectivity index (χ3v) is 5.04. The van der Waals surface area contributed by atoms with Gasteiger partial charge in [-0.05, 0) is 56.0 Å². The summed E-state index contributed by atoms with van der Waals surface area (Å²) in [5.41, 5.74) is 4.75. The lowest BCUT2D eigenvalue weighted by Gasteiger charge is -2.29. The molecule has 0 fully saturated rings. The monoisotopic (exact) mass is 340 g/mol. The molecule has 0 aliphatic carbocycles. The molecule has 0 bridgehead atoms. The van der Waals surface area contributed by atoms with Gasteiger partial charge in [-0.1, -0.05) is 36.4 Å². The molecule has 134 valence electrons. The number of rotatable bonds is 7. The van der Waals surface area contributed by atoms with Crippen LogP contribution in [0.3, 0.4) is 0 Å². The highest BCUT2D eigenvalue weighted by Gasteiger charge is 2.22. The number of aryl methyl sites for hydroxylation is 2. The first kappa shape index (κ1) is 17.9. The standard InChI is InChI=1S/C21H28N2O2/c1-21(15-24,16-25)22-13-6-14-23-19-9-4-2-7-17(19)11-12-18-8-3-5-10-20(18)23/h2-5,7-10,22,24-25H,6,11-16H2,1H3. The fraction of sp³-hybridized carbons (Fsp3) is 0.429. The van der Waals surface area contributed by atoms with Gasteiger partial charge in [0, 0.05) is 17.9 Å². The van der Waals surface area contributed by atoms with E-state index in [4.69, 9.17) is 0 Å². The van der Waals surface area contributed by atoms with Crippen molar-refractivity contribution in [1.82, 2.24) is 5.32 Å². The van der Waals surface area contributed by atoms with E-state index in [0.29, 0.717) is 0 Å². The third kappa shape index (κ3) is 4.03. The molecule has 0 aromatic heterocycles. The van der Waals surface area contributed by atoms with Gasteiger partial charge >= 0.3 is 0 Å². The summed E-state index contributed by atoms with van der Waals surface area (Å²) in [6.07, 6.45) is 3.06. The van der Waals surface area contributed by atoms with Crippen molar-refractivity contribution in [1.29, 1.82) is 0 Å². The lowest BCUT2D eigenvalue weighted by Crippen LogP contribution is -2.49. The Morgan fingerprint density at radius 2 is 1.44 bits per heavy atom. The lowest BCUT2D eigenvalue weighted by molar-refractivity contribution is 0.104. The molecule has 4 heteroatoms. The molecule has 3 rings (SSSR count). The predicted octanol–water partition coefficient (Wildman–Crippen LogP) is 2.65. The van der Waals surface area contributed by atoms with E-state index in [1.54, 1.807) is 0 Å². The van der Waals surface area contributed by atoms with Crippen LogP contribution in [0.15, 0.2) is 48.5 Å². The van der Waals surface area contributed by atoms with Gasteiger partial charge in [0.1, 0.15) is 0 Å². The Bertz CT molecular complexity index is 650. The average Bonchev–Trinajstić information content (AvgIpc) is 2.82. The number of nitrogens with one attached hydrogen (secondary N) is 1. The van der Waals surface area contributed by atoms with Crippen LogP contribution in [-0.2, 0) is 12.8 Å². The Morgan fingerprint density at radius 1 is 0.920 bits per heavy atom. The van der Waals surface area contributed by atoms with Crippen molar-refractivity contribution in [2.24, 2.45) is 0 Å². The molecule has 1 aliphatic rings. The van der Waals surface area contributed by atoms with E-state index in [1.165, 1.54) is 22.5 Å². The zero-order valence-electron chi connectivity index (χ0n) is 14.9. The van der Waals surface area contributed by atoms with E-state index in [9.17, 15) is 10.2 Å². The fourth-order valence-electron chi connectivity index (χ4n) is 3.40. The Morgan fingerprint density at radius 3 is 1.96 bits per heavy atom. The minimum atomic E-state index is -0.616. The van der Waals surface area contributed by atoms with Crippen LogP contribution in [0.4, 0.5) is 11.4 Å². The van der Waals surface area contributed by atoms with E-state index in [0.717, 1.165) is 32.4 Å². The normalized spacial score (nSPS) is 14.0. The van der Waals surface area contributed by atoms with Crippen LogP contribution in [0.25, 0.3) is 0 Å². The van der Waals surface area contributed by atoms with Gasteiger partial charge in [-0.3, -0.25) is 0 Å². The summed E-state index contributed by atoms with van der Waals surface area (Å²) in [7, 11) is 0. The number of aliphatic hydroxyl groups is 2. The zero-order valence-corrected chi connectivity index (χ0v) is 14.9. The second-order valence-corrected chi connectivity index (χ2v) is 7.07. The summed E-state index contributed by atoms with van der Waals surface area (Å²) in [5.74, 6) is 0. The molecule has 1 heterocycles. The molecular formula is C21H28N2O2. The topological polar surface area (TPSA) is 55.7 Å². The van der Waals surface area contributed by atoms with Crippen LogP contribution >= 0.6 is 0 Å². The summed E-state index contributed by atoms with van der Waals surface area (Å²) >= 11 is 0. The Labute approximate surface area is 150 Å². The predicted molar refractivity (Wildman–Crippen MR) is 102 cm³/mol. The molecule has 0 saturated carbocycles. The lowest BCUT2D eigenvalue weighted by atomic mass is 10.0. The third-order valence-electron chi connectivity index (χ3n) is 5.04. The molecule has 0 spiro atoms. The van der Waals surface area contributed by atoms with Gasteiger partial charge in [0.2, 0.25) is 0 Å². The molecule has 25 heavy (non-hydrogen) atoms. The molecule has 0 unspecified atom stereocenters. The molecular weight excluding hydrogens is 312 g/mol. The summed E-state index contributed by atoms with van der Waals surface area (Å²) in [5, 5.41) is 22.1. The minimum absolute atomic E-state index is 0.0706. The van der Waals surface area contributed by atoms with Gasteiger partial charge in [-0.15, -0.1) is 0 Å². The summed E-state index contributed by atoms with van der Waals surface area (Å²) in [4.78, 5) is 2.41.